The summed E-state index contributed by atoms with van der Waals surface area (Å²) >= 11 is 5.92. The fourth-order valence-corrected chi connectivity index (χ4v) is 4.16. The smallest absolute Gasteiger partial charge is 0.266 e. The van der Waals surface area contributed by atoms with Gasteiger partial charge in [-0.2, -0.15) is 0 Å². The number of benzene rings is 1. The third kappa shape index (κ3) is 5.37. The highest BCUT2D eigenvalue weighted by Crippen LogP contribution is 2.36. The minimum atomic E-state index is -0.889. The first-order valence-electron chi connectivity index (χ1n) is 9.40. The molecule has 0 aromatic heterocycles. The van der Waals surface area contributed by atoms with Crippen LogP contribution in [-0.4, -0.2) is 55.0 Å². The monoisotopic (exact) mass is 380 g/mol. The minimum absolute atomic E-state index is 0.0521. The molecule has 0 radical (unpaired) electrons. The Bertz CT molecular complexity index is 603. The molecule has 146 valence electrons. The van der Waals surface area contributed by atoms with E-state index >= 15 is 0 Å². The Morgan fingerprint density at radius 2 is 1.69 bits per heavy atom. The summed E-state index contributed by atoms with van der Waals surface area (Å²) in [7, 11) is 4.24. The van der Waals surface area contributed by atoms with Gasteiger partial charge in [-0.1, -0.05) is 25.4 Å². The lowest BCUT2D eigenvalue weighted by atomic mass is 9.73. The molecule has 5 heteroatoms. The van der Waals surface area contributed by atoms with Crippen LogP contribution in [0.5, 0.6) is 5.75 Å². The van der Waals surface area contributed by atoms with E-state index in [1.165, 1.54) is 0 Å². The molecule has 1 saturated heterocycles. The largest absolute Gasteiger partial charge is 0.478 e. The molecule has 1 amide bonds. The normalized spacial score (nSPS) is 16.8. The van der Waals surface area contributed by atoms with E-state index in [4.69, 9.17) is 16.3 Å². The zero-order valence-corrected chi connectivity index (χ0v) is 17.8. The number of nitrogens with zero attached hydrogens (tertiary/aromatic N) is 2. The molecule has 0 spiro atoms. The average Bonchev–Trinajstić information content (AvgIpc) is 2.55. The summed E-state index contributed by atoms with van der Waals surface area (Å²) in [5.41, 5.74) is -0.631. The molecule has 1 heterocycles. The van der Waals surface area contributed by atoms with Crippen LogP contribution in [0.4, 0.5) is 0 Å². The van der Waals surface area contributed by atoms with Crippen molar-refractivity contribution in [3.8, 4) is 5.75 Å². The van der Waals surface area contributed by atoms with E-state index in [0.29, 0.717) is 16.7 Å². The van der Waals surface area contributed by atoms with E-state index in [1.54, 1.807) is 24.3 Å². The van der Waals surface area contributed by atoms with E-state index in [1.807, 2.05) is 18.7 Å². The van der Waals surface area contributed by atoms with Crippen molar-refractivity contribution in [1.29, 1.82) is 0 Å². The number of carbonyl (C=O) groups excluding carboxylic acids is 1. The van der Waals surface area contributed by atoms with Crippen LogP contribution in [0.15, 0.2) is 24.3 Å². The topological polar surface area (TPSA) is 32.8 Å². The summed E-state index contributed by atoms with van der Waals surface area (Å²) in [6.45, 7) is 11.0. The quantitative estimate of drug-likeness (QED) is 0.736. The zero-order valence-electron chi connectivity index (χ0n) is 17.0. The number of rotatable bonds is 6. The van der Waals surface area contributed by atoms with Crippen molar-refractivity contribution in [1.82, 2.24) is 9.80 Å². The highest BCUT2D eigenvalue weighted by Gasteiger charge is 2.39. The highest BCUT2D eigenvalue weighted by atomic mass is 35.5. The molecule has 4 nitrogen and oxygen atoms in total. The van der Waals surface area contributed by atoms with Crippen LogP contribution in [0.25, 0.3) is 0 Å². The molecule has 1 fully saturated rings. The summed E-state index contributed by atoms with van der Waals surface area (Å²) < 4.78 is 5.96. The van der Waals surface area contributed by atoms with E-state index < -0.39 is 5.60 Å². The molecule has 0 aliphatic carbocycles. The van der Waals surface area contributed by atoms with Gasteiger partial charge in [0.2, 0.25) is 0 Å². The molecule has 0 saturated carbocycles. The summed E-state index contributed by atoms with van der Waals surface area (Å²) in [6.07, 6.45) is 2.09. The van der Waals surface area contributed by atoms with Gasteiger partial charge in [-0.15, -0.1) is 0 Å². The van der Waals surface area contributed by atoms with Gasteiger partial charge < -0.3 is 14.5 Å². The highest BCUT2D eigenvalue weighted by molar-refractivity contribution is 6.30. The maximum Gasteiger partial charge on any atom is 0.266 e. The minimum Gasteiger partial charge on any atom is -0.478 e. The van der Waals surface area contributed by atoms with Gasteiger partial charge in [-0.25, -0.2) is 0 Å². The van der Waals surface area contributed by atoms with Crippen LogP contribution in [0.2, 0.25) is 5.02 Å². The number of piperidine rings is 1. The van der Waals surface area contributed by atoms with Gasteiger partial charge in [0.1, 0.15) is 5.75 Å². The first-order chi connectivity index (χ1) is 12.0. The van der Waals surface area contributed by atoms with Crippen LogP contribution >= 0.6 is 11.6 Å². The molecular formula is C21H33ClN2O2. The molecule has 0 N–H and O–H groups in total. The lowest BCUT2D eigenvalue weighted by Gasteiger charge is -2.43. The van der Waals surface area contributed by atoms with E-state index in [0.717, 1.165) is 32.5 Å². The number of ether oxygens (including phenoxy) is 1. The first kappa shape index (κ1) is 21.0. The van der Waals surface area contributed by atoms with Crippen molar-refractivity contribution in [3.63, 3.8) is 0 Å². The van der Waals surface area contributed by atoms with Crippen molar-refractivity contribution in [2.75, 3.05) is 33.7 Å². The summed E-state index contributed by atoms with van der Waals surface area (Å²) in [6, 6.07) is 7.15. The molecule has 1 aliphatic rings. The summed E-state index contributed by atoms with van der Waals surface area (Å²) in [5, 5.41) is 0.656. The van der Waals surface area contributed by atoms with Gasteiger partial charge in [0.05, 0.1) is 0 Å². The van der Waals surface area contributed by atoms with Crippen LogP contribution in [0.3, 0.4) is 0 Å². The van der Waals surface area contributed by atoms with Gasteiger partial charge in [-0.3, -0.25) is 4.79 Å². The number of carbonyl (C=O) groups is 1. The van der Waals surface area contributed by atoms with Crippen molar-refractivity contribution in [2.45, 2.75) is 46.1 Å². The molecule has 1 aliphatic heterocycles. The Labute approximate surface area is 163 Å². The van der Waals surface area contributed by atoms with Gasteiger partial charge in [0, 0.05) is 24.7 Å². The van der Waals surface area contributed by atoms with Crippen LogP contribution < -0.4 is 4.74 Å². The number of halogens is 1. The Morgan fingerprint density at radius 3 is 2.19 bits per heavy atom. The van der Waals surface area contributed by atoms with Crippen LogP contribution in [0.1, 0.15) is 40.5 Å². The predicted octanol–water partition coefficient (Wildman–Crippen LogP) is 4.32. The molecule has 1 aromatic rings. The van der Waals surface area contributed by atoms with Crippen molar-refractivity contribution in [3.05, 3.63) is 29.3 Å². The third-order valence-corrected chi connectivity index (χ3v) is 5.56. The first-order valence-corrected chi connectivity index (χ1v) is 9.78. The second-order valence-electron chi connectivity index (χ2n) is 8.86. The number of amides is 1. The lowest BCUT2D eigenvalue weighted by molar-refractivity contribution is -0.147. The van der Waals surface area contributed by atoms with Crippen molar-refractivity contribution in [2.24, 2.45) is 11.3 Å². The molecular weight excluding hydrogens is 348 g/mol. The van der Waals surface area contributed by atoms with Gasteiger partial charge in [0.25, 0.3) is 5.91 Å². The lowest BCUT2D eigenvalue weighted by Crippen LogP contribution is -2.52. The predicted molar refractivity (Wildman–Crippen MR) is 108 cm³/mol. The maximum atomic E-state index is 13.0. The van der Waals surface area contributed by atoms with Crippen molar-refractivity contribution >= 4 is 17.5 Å². The van der Waals surface area contributed by atoms with E-state index in [2.05, 4.69) is 32.8 Å². The molecule has 1 aromatic carbocycles. The standard InChI is InChI=1S/C21H33ClN2O2/c1-20(2,15-23(5)6)16-11-13-24(14-12-16)19(25)21(3,4)26-18-9-7-17(22)8-10-18/h7-10,16H,11-15H2,1-6H3. The van der Waals surface area contributed by atoms with Crippen LogP contribution in [-0.2, 0) is 4.79 Å². The fraction of sp³-hybridized carbons (Fsp3) is 0.667. The molecule has 26 heavy (non-hydrogen) atoms. The molecule has 0 unspecified atom stereocenters. The summed E-state index contributed by atoms with van der Waals surface area (Å²) in [5.74, 6) is 1.35. The molecule has 0 bridgehead atoms. The Morgan fingerprint density at radius 1 is 1.15 bits per heavy atom. The number of hydrogen-bond acceptors (Lipinski definition) is 3. The van der Waals surface area contributed by atoms with Crippen LogP contribution in [0, 0.1) is 11.3 Å². The summed E-state index contributed by atoms with van der Waals surface area (Å²) in [4.78, 5) is 17.2. The number of likely N-dealkylation sites (tertiary alicyclic amines) is 1. The molecule has 0 atom stereocenters. The third-order valence-electron chi connectivity index (χ3n) is 5.31. The zero-order chi connectivity index (χ0) is 19.5. The van der Waals surface area contributed by atoms with E-state index in [-0.39, 0.29) is 11.3 Å². The maximum absolute atomic E-state index is 13.0. The van der Waals surface area contributed by atoms with Gasteiger partial charge in [0.15, 0.2) is 5.60 Å². The SMILES string of the molecule is CN(C)CC(C)(C)C1CCN(C(=O)C(C)(C)Oc2ccc(Cl)cc2)CC1. The Hall–Kier alpha value is -1.26. The Balaban J connectivity index is 1.95. The fourth-order valence-electron chi connectivity index (χ4n) is 4.03. The molecule has 2 rings (SSSR count). The second kappa shape index (κ2) is 8.18. The van der Waals surface area contributed by atoms with Gasteiger partial charge >= 0.3 is 0 Å². The van der Waals surface area contributed by atoms with Gasteiger partial charge in [-0.05, 0) is 76.4 Å². The van der Waals surface area contributed by atoms with E-state index in [9.17, 15) is 4.79 Å². The average molecular weight is 381 g/mol. The Kier molecular flexibility index (Phi) is 6.62. The number of hydrogen-bond donors (Lipinski definition) is 0. The second-order valence-corrected chi connectivity index (χ2v) is 9.30. The van der Waals surface area contributed by atoms with Crippen molar-refractivity contribution < 1.29 is 9.53 Å².